The fourth-order valence-electron chi connectivity index (χ4n) is 1.61. The van der Waals surface area contributed by atoms with Crippen LogP contribution in [0, 0.1) is 10.1 Å². The number of hydrogen-bond donors (Lipinski definition) is 1. The van der Waals surface area contributed by atoms with Gasteiger partial charge in [0.2, 0.25) is 0 Å². The molecule has 0 aliphatic rings. The number of thiophene rings is 1. The molecule has 1 aromatic heterocycles. The van der Waals surface area contributed by atoms with Crippen molar-refractivity contribution in [2.45, 2.75) is 19.9 Å². The molecule has 2 rings (SSSR count). The summed E-state index contributed by atoms with van der Waals surface area (Å²) in [6.45, 7) is 2.72. The van der Waals surface area contributed by atoms with Crippen molar-refractivity contribution in [2.24, 2.45) is 0 Å². The fraction of sp³-hybridized carbons (Fsp3) is 0.231. The van der Waals surface area contributed by atoms with Crippen LogP contribution >= 0.6 is 11.3 Å². The minimum Gasteiger partial charge on any atom is -0.381 e. The Kier molecular flexibility index (Phi) is 3.94. The molecule has 0 radical (unpaired) electrons. The van der Waals surface area contributed by atoms with E-state index in [4.69, 9.17) is 0 Å². The van der Waals surface area contributed by atoms with Crippen LogP contribution in [-0.2, 0) is 13.0 Å². The summed E-state index contributed by atoms with van der Waals surface area (Å²) in [5.41, 5.74) is 3.26. The highest BCUT2D eigenvalue weighted by molar-refractivity contribution is 7.13. The van der Waals surface area contributed by atoms with Crippen molar-refractivity contribution in [2.75, 3.05) is 5.32 Å². The Hall–Kier alpha value is -1.88. The molecule has 0 atom stereocenters. The Bertz CT molecular complexity index is 534. The van der Waals surface area contributed by atoms with Crippen LogP contribution in [0.25, 0.3) is 0 Å². The van der Waals surface area contributed by atoms with Crippen molar-refractivity contribution in [3.05, 3.63) is 57.0 Å². The topological polar surface area (TPSA) is 55.2 Å². The van der Waals surface area contributed by atoms with Gasteiger partial charge in [0.1, 0.15) is 0 Å². The first-order chi connectivity index (χ1) is 8.69. The van der Waals surface area contributed by atoms with Gasteiger partial charge in [-0.3, -0.25) is 10.1 Å². The molecule has 0 saturated heterocycles. The fourth-order valence-corrected chi connectivity index (χ4v) is 2.34. The molecular weight excluding hydrogens is 248 g/mol. The van der Waals surface area contributed by atoms with Crippen molar-refractivity contribution in [3.8, 4) is 0 Å². The van der Waals surface area contributed by atoms with E-state index in [0.29, 0.717) is 6.54 Å². The highest BCUT2D eigenvalue weighted by atomic mass is 32.1. The van der Waals surface area contributed by atoms with Crippen molar-refractivity contribution in [3.63, 3.8) is 0 Å². The molecule has 0 bridgehead atoms. The van der Waals surface area contributed by atoms with Gasteiger partial charge in [-0.2, -0.15) is 0 Å². The van der Waals surface area contributed by atoms with Gasteiger partial charge in [0.05, 0.1) is 4.92 Å². The lowest BCUT2D eigenvalue weighted by molar-refractivity contribution is -0.380. The Balaban J connectivity index is 1.95. The van der Waals surface area contributed by atoms with Gasteiger partial charge in [0.25, 0.3) is 0 Å². The molecular formula is C13H14N2O2S. The zero-order valence-electron chi connectivity index (χ0n) is 10.1. The van der Waals surface area contributed by atoms with Gasteiger partial charge in [0.15, 0.2) is 0 Å². The maximum Gasteiger partial charge on any atom is 0.324 e. The predicted molar refractivity (Wildman–Crippen MR) is 74.1 cm³/mol. The summed E-state index contributed by atoms with van der Waals surface area (Å²) >= 11 is 1.16. The second kappa shape index (κ2) is 5.64. The predicted octanol–water partition coefficient (Wildman–Crippen LogP) is 3.83. The molecule has 0 saturated carbocycles. The highest BCUT2D eigenvalue weighted by Crippen LogP contribution is 2.23. The van der Waals surface area contributed by atoms with E-state index in [9.17, 15) is 10.1 Å². The second-order valence-corrected chi connectivity index (χ2v) is 4.84. The van der Waals surface area contributed by atoms with E-state index in [1.165, 1.54) is 5.56 Å². The number of hydrogen-bond acceptors (Lipinski definition) is 4. The van der Waals surface area contributed by atoms with Gasteiger partial charge in [0, 0.05) is 23.7 Å². The Labute approximate surface area is 109 Å². The Morgan fingerprint density at radius 3 is 2.56 bits per heavy atom. The number of nitrogens with zero attached hydrogens (tertiary/aromatic N) is 1. The number of nitro groups is 1. The minimum atomic E-state index is -0.357. The van der Waals surface area contributed by atoms with E-state index in [-0.39, 0.29) is 9.92 Å². The summed E-state index contributed by atoms with van der Waals surface area (Å²) < 4.78 is 0. The number of nitrogens with one attached hydrogen (secondary N) is 1. The van der Waals surface area contributed by atoms with E-state index in [0.717, 1.165) is 29.0 Å². The van der Waals surface area contributed by atoms with Gasteiger partial charge < -0.3 is 5.32 Å². The van der Waals surface area contributed by atoms with Crippen LogP contribution in [0.3, 0.4) is 0 Å². The zero-order chi connectivity index (χ0) is 13.0. The van der Waals surface area contributed by atoms with Gasteiger partial charge >= 0.3 is 5.00 Å². The Morgan fingerprint density at radius 1 is 1.28 bits per heavy atom. The third kappa shape index (κ3) is 3.07. The number of rotatable bonds is 5. The van der Waals surface area contributed by atoms with Gasteiger partial charge in [-0.25, -0.2) is 0 Å². The van der Waals surface area contributed by atoms with E-state index >= 15 is 0 Å². The summed E-state index contributed by atoms with van der Waals surface area (Å²) in [6, 6.07) is 9.83. The first-order valence-electron chi connectivity index (χ1n) is 5.73. The summed E-state index contributed by atoms with van der Waals surface area (Å²) in [5.74, 6) is 0. The maximum atomic E-state index is 10.6. The maximum absolute atomic E-state index is 10.6. The molecule has 5 heteroatoms. The smallest absolute Gasteiger partial charge is 0.324 e. The minimum absolute atomic E-state index is 0.188. The summed E-state index contributed by atoms with van der Waals surface area (Å²) in [6.07, 6.45) is 1.02. The third-order valence-electron chi connectivity index (χ3n) is 2.68. The standard InChI is InChI=1S/C13H14N2O2S/c1-2-10-3-5-12(6-4-10)14-8-11-7-13(15(16)17)18-9-11/h3-7,9,14H,2,8H2,1H3. The molecule has 0 fully saturated rings. The lowest BCUT2D eigenvalue weighted by Crippen LogP contribution is -1.98. The lowest BCUT2D eigenvalue weighted by Gasteiger charge is -2.05. The molecule has 1 heterocycles. The summed E-state index contributed by atoms with van der Waals surface area (Å²) in [7, 11) is 0. The van der Waals surface area contributed by atoms with Gasteiger partial charge in [-0.05, 0) is 29.7 Å². The number of anilines is 1. The van der Waals surface area contributed by atoms with Crippen molar-refractivity contribution in [1.82, 2.24) is 0 Å². The van der Waals surface area contributed by atoms with Crippen LogP contribution in [0.4, 0.5) is 10.7 Å². The molecule has 1 N–H and O–H groups in total. The molecule has 94 valence electrons. The van der Waals surface area contributed by atoms with E-state index < -0.39 is 0 Å². The van der Waals surface area contributed by atoms with Crippen molar-refractivity contribution >= 4 is 22.0 Å². The summed E-state index contributed by atoms with van der Waals surface area (Å²) in [5, 5.41) is 15.8. The van der Waals surface area contributed by atoms with Gasteiger partial charge in [-0.15, -0.1) is 0 Å². The monoisotopic (exact) mass is 262 g/mol. The number of benzene rings is 1. The van der Waals surface area contributed by atoms with Crippen LogP contribution in [0.1, 0.15) is 18.1 Å². The third-order valence-corrected chi connectivity index (χ3v) is 3.61. The van der Waals surface area contributed by atoms with Crippen LogP contribution in [0.2, 0.25) is 0 Å². The van der Waals surface area contributed by atoms with E-state index in [2.05, 4.69) is 24.4 Å². The first kappa shape index (κ1) is 12.6. The SMILES string of the molecule is CCc1ccc(NCc2csc([N+](=O)[O-])c2)cc1. The summed E-state index contributed by atoms with van der Waals surface area (Å²) in [4.78, 5) is 10.2. The molecule has 0 unspecified atom stereocenters. The average molecular weight is 262 g/mol. The second-order valence-electron chi connectivity index (χ2n) is 3.95. The molecule has 0 aliphatic carbocycles. The quantitative estimate of drug-likeness (QED) is 0.658. The van der Waals surface area contributed by atoms with E-state index in [1.54, 1.807) is 6.07 Å². The molecule has 0 aliphatic heterocycles. The van der Waals surface area contributed by atoms with Gasteiger partial charge in [-0.1, -0.05) is 30.4 Å². The van der Waals surface area contributed by atoms with E-state index in [1.807, 2.05) is 17.5 Å². The normalized spacial score (nSPS) is 10.3. The highest BCUT2D eigenvalue weighted by Gasteiger charge is 2.08. The van der Waals surface area contributed by atoms with Crippen molar-refractivity contribution < 1.29 is 4.92 Å². The first-order valence-corrected chi connectivity index (χ1v) is 6.61. The molecule has 18 heavy (non-hydrogen) atoms. The Morgan fingerprint density at radius 2 is 2.00 bits per heavy atom. The van der Waals surface area contributed by atoms with Crippen LogP contribution in [0.15, 0.2) is 35.7 Å². The zero-order valence-corrected chi connectivity index (χ0v) is 10.9. The number of aryl methyl sites for hydroxylation is 1. The van der Waals surface area contributed by atoms with Crippen LogP contribution in [0.5, 0.6) is 0 Å². The average Bonchev–Trinajstić information content (AvgIpc) is 2.86. The molecule has 0 spiro atoms. The van der Waals surface area contributed by atoms with Crippen LogP contribution in [-0.4, -0.2) is 4.92 Å². The molecule has 4 nitrogen and oxygen atoms in total. The lowest BCUT2D eigenvalue weighted by atomic mass is 10.1. The molecule has 1 aromatic carbocycles. The molecule has 2 aromatic rings. The molecule has 0 amide bonds. The van der Waals surface area contributed by atoms with Crippen molar-refractivity contribution in [1.29, 1.82) is 0 Å². The van der Waals surface area contributed by atoms with Crippen LogP contribution < -0.4 is 5.32 Å². The largest absolute Gasteiger partial charge is 0.381 e.